The first-order valence-corrected chi connectivity index (χ1v) is 11.1. The molecule has 158 valence electrons. The number of hydrogen-bond donors (Lipinski definition) is 2. The maximum Gasteiger partial charge on any atom is 0.251 e. The number of nitrogens with zero attached hydrogens (tertiary/aromatic N) is 2. The quantitative estimate of drug-likeness (QED) is 0.660. The molecular formula is C23H28N4O2S. The van der Waals surface area contributed by atoms with Gasteiger partial charge in [0.05, 0.1) is 17.7 Å². The van der Waals surface area contributed by atoms with Crippen LogP contribution < -0.4 is 11.1 Å². The molecule has 1 atom stereocenters. The zero-order valence-corrected chi connectivity index (χ0v) is 18.7. The van der Waals surface area contributed by atoms with E-state index in [1.807, 2.05) is 35.9 Å². The van der Waals surface area contributed by atoms with Gasteiger partial charge in [0.2, 0.25) is 5.91 Å². The van der Waals surface area contributed by atoms with Crippen molar-refractivity contribution < 1.29 is 9.59 Å². The van der Waals surface area contributed by atoms with Gasteiger partial charge in [-0.15, -0.1) is 11.3 Å². The zero-order valence-electron chi connectivity index (χ0n) is 17.9. The van der Waals surface area contributed by atoms with Gasteiger partial charge in [-0.2, -0.15) is 0 Å². The summed E-state index contributed by atoms with van der Waals surface area (Å²) in [7, 11) is 0. The number of thiophene rings is 1. The van der Waals surface area contributed by atoms with Crippen LogP contribution in [0.3, 0.4) is 0 Å². The Balaban J connectivity index is 1.55. The van der Waals surface area contributed by atoms with Gasteiger partial charge in [0.25, 0.3) is 5.91 Å². The van der Waals surface area contributed by atoms with Gasteiger partial charge >= 0.3 is 0 Å². The summed E-state index contributed by atoms with van der Waals surface area (Å²) in [5.74, 6) is -0.113. The molecule has 0 saturated carbocycles. The zero-order chi connectivity index (χ0) is 21.6. The minimum Gasteiger partial charge on any atom is -0.365 e. The van der Waals surface area contributed by atoms with Crippen LogP contribution in [0.2, 0.25) is 0 Å². The second-order valence-electron chi connectivity index (χ2n) is 9.30. The first-order chi connectivity index (χ1) is 14.1. The molecule has 1 unspecified atom stereocenters. The van der Waals surface area contributed by atoms with Crippen molar-refractivity contribution in [1.82, 2.24) is 9.38 Å². The number of rotatable bonds is 4. The first-order valence-electron chi connectivity index (χ1n) is 10.3. The molecule has 7 heteroatoms. The summed E-state index contributed by atoms with van der Waals surface area (Å²) >= 11 is 1.50. The van der Waals surface area contributed by atoms with E-state index in [2.05, 4.69) is 31.1 Å². The van der Waals surface area contributed by atoms with Crippen LogP contribution >= 0.6 is 11.3 Å². The van der Waals surface area contributed by atoms with E-state index in [-0.39, 0.29) is 17.7 Å². The van der Waals surface area contributed by atoms with E-state index in [4.69, 9.17) is 5.73 Å². The van der Waals surface area contributed by atoms with Crippen molar-refractivity contribution in [3.05, 3.63) is 51.8 Å². The summed E-state index contributed by atoms with van der Waals surface area (Å²) in [6.45, 7) is 8.77. The van der Waals surface area contributed by atoms with Crippen molar-refractivity contribution in [1.29, 1.82) is 0 Å². The van der Waals surface area contributed by atoms with E-state index in [1.54, 1.807) is 0 Å². The van der Waals surface area contributed by atoms with Crippen molar-refractivity contribution >= 4 is 33.8 Å². The molecule has 0 saturated heterocycles. The van der Waals surface area contributed by atoms with Crippen molar-refractivity contribution in [3.63, 3.8) is 0 Å². The van der Waals surface area contributed by atoms with E-state index < -0.39 is 5.91 Å². The summed E-state index contributed by atoms with van der Waals surface area (Å²) in [5, 5.41) is 3.51. The fourth-order valence-electron chi connectivity index (χ4n) is 4.23. The highest BCUT2D eigenvalue weighted by Gasteiger charge is 2.33. The van der Waals surface area contributed by atoms with Crippen molar-refractivity contribution in [2.75, 3.05) is 5.32 Å². The summed E-state index contributed by atoms with van der Waals surface area (Å²) in [6.07, 6.45) is 6.72. The van der Waals surface area contributed by atoms with E-state index in [0.717, 1.165) is 36.0 Å². The summed E-state index contributed by atoms with van der Waals surface area (Å²) in [6, 6.07) is 3.98. The SMILES string of the molecule is Cc1ccn2cc(CC(=O)Nc3sc4c(c3C(N)=O)CCC(C(C)(C)C)C4)nc2c1. The lowest BCUT2D eigenvalue weighted by atomic mass is 9.72. The van der Waals surface area contributed by atoms with Gasteiger partial charge in [0.1, 0.15) is 10.6 Å². The first kappa shape index (κ1) is 20.6. The number of nitrogens with two attached hydrogens (primary N) is 1. The number of fused-ring (bicyclic) bond motifs is 2. The van der Waals surface area contributed by atoms with Gasteiger partial charge in [0, 0.05) is 17.3 Å². The number of anilines is 1. The van der Waals surface area contributed by atoms with E-state index in [1.165, 1.54) is 16.2 Å². The van der Waals surface area contributed by atoms with Crippen LogP contribution in [0.15, 0.2) is 24.5 Å². The minimum absolute atomic E-state index is 0.145. The fraction of sp³-hybridized carbons (Fsp3) is 0.435. The molecule has 3 aromatic heterocycles. The molecule has 0 fully saturated rings. The third kappa shape index (κ3) is 3.99. The van der Waals surface area contributed by atoms with Gasteiger partial charge in [-0.1, -0.05) is 20.8 Å². The van der Waals surface area contributed by atoms with Crippen LogP contribution in [-0.4, -0.2) is 21.2 Å². The smallest absolute Gasteiger partial charge is 0.251 e. The Hall–Kier alpha value is -2.67. The lowest BCUT2D eigenvalue weighted by Gasteiger charge is -2.33. The van der Waals surface area contributed by atoms with Gasteiger partial charge < -0.3 is 15.5 Å². The molecule has 0 spiro atoms. The molecule has 0 radical (unpaired) electrons. The maximum atomic E-state index is 12.7. The summed E-state index contributed by atoms with van der Waals surface area (Å²) in [5.41, 5.74) is 10.0. The average Bonchev–Trinajstić information content (AvgIpc) is 3.19. The maximum absolute atomic E-state index is 12.7. The summed E-state index contributed by atoms with van der Waals surface area (Å²) in [4.78, 5) is 30.6. The number of aromatic nitrogens is 2. The molecule has 30 heavy (non-hydrogen) atoms. The minimum atomic E-state index is -0.472. The number of nitrogens with one attached hydrogen (secondary N) is 1. The molecule has 0 bridgehead atoms. The largest absolute Gasteiger partial charge is 0.365 e. The number of aryl methyl sites for hydroxylation is 1. The Kier molecular flexibility index (Phi) is 5.18. The molecule has 2 amide bonds. The normalized spacial score (nSPS) is 16.5. The topological polar surface area (TPSA) is 89.5 Å². The van der Waals surface area contributed by atoms with Crippen molar-refractivity contribution in [3.8, 4) is 0 Å². The van der Waals surface area contributed by atoms with Crippen LogP contribution in [0.5, 0.6) is 0 Å². The highest BCUT2D eigenvalue weighted by molar-refractivity contribution is 7.17. The number of pyridine rings is 1. The molecule has 1 aliphatic carbocycles. The van der Waals surface area contributed by atoms with E-state index in [9.17, 15) is 9.59 Å². The molecule has 3 heterocycles. The third-order valence-electron chi connectivity index (χ3n) is 6.00. The molecular weight excluding hydrogens is 396 g/mol. The van der Waals surface area contributed by atoms with E-state index in [0.29, 0.717) is 22.2 Å². The van der Waals surface area contributed by atoms with Crippen molar-refractivity contribution in [2.24, 2.45) is 17.1 Å². The van der Waals surface area contributed by atoms with Crippen LogP contribution in [0, 0.1) is 18.3 Å². The van der Waals surface area contributed by atoms with Gasteiger partial charge in [-0.05, 0) is 60.8 Å². The number of primary amides is 1. The number of amides is 2. The highest BCUT2D eigenvalue weighted by Crippen LogP contribution is 2.44. The lowest BCUT2D eigenvalue weighted by molar-refractivity contribution is -0.115. The third-order valence-corrected chi connectivity index (χ3v) is 7.17. The van der Waals surface area contributed by atoms with Crippen molar-refractivity contribution in [2.45, 2.75) is 53.4 Å². The molecule has 0 aromatic carbocycles. The molecule has 3 N–H and O–H groups in total. The monoisotopic (exact) mass is 424 g/mol. The molecule has 0 aliphatic heterocycles. The predicted octanol–water partition coefficient (Wildman–Crippen LogP) is 4.14. The second-order valence-corrected chi connectivity index (χ2v) is 10.4. The standard InChI is InChI=1S/C23H28N4O2S/c1-13-7-8-27-12-15(25-18(27)9-13)11-19(28)26-22-20(21(24)29)16-6-5-14(23(2,3)4)10-17(16)30-22/h7-9,12,14H,5-6,10-11H2,1-4H3,(H2,24,29)(H,26,28). The number of hydrogen-bond acceptors (Lipinski definition) is 4. The Morgan fingerprint density at radius 1 is 1.37 bits per heavy atom. The predicted molar refractivity (Wildman–Crippen MR) is 120 cm³/mol. The molecule has 1 aliphatic rings. The highest BCUT2D eigenvalue weighted by atomic mass is 32.1. The van der Waals surface area contributed by atoms with Crippen LogP contribution in [0.1, 0.15) is 59.2 Å². The van der Waals surface area contributed by atoms with Crippen LogP contribution in [0.25, 0.3) is 5.65 Å². The van der Waals surface area contributed by atoms with E-state index >= 15 is 0 Å². The second kappa shape index (κ2) is 7.54. The molecule has 6 nitrogen and oxygen atoms in total. The lowest BCUT2D eigenvalue weighted by Crippen LogP contribution is -2.27. The Bertz CT molecular complexity index is 1140. The van der Waals surface area contributed by atoms with Crippen LogP contribution in [-0.2, 0) is 24.1 Å². The number of imidazole rings is 1. The molecule has 4 rings (SSSR count). The number of carbonyl (C=O) groups is 2. The number of carbonyl (C=O) groups excluding carboxylic acids is 2. The fourth-order valence-corrected chi connectivity index (χ4v) is 5.58. The Morgan fingerprint density at radius 2 is 2.13 bits per heavy atom. The Labute approximate surface area is 180 Å². The average molecular weight is 425 g/mol. The molecule has 3 aromatic rings. The van der Waals surface area contributed by atoms with Gasteiger partial charge in [-0.3, -0.25) is 9.59 Å². The van der Waals surface area contributed by atoms with Crippen LogP contribution in [0.4, 0.5) is 5.00 Å². The summed E-state index contributed by atoms with van der Waals surface area (Å²) < 4.78 is 1.90. The van der Waals surface area contributed by atoms with Gasteiger partial charge in [0.15, 0.2) is 0 Å². The van der Waals surface area contributed by atoms with Gasteiger partial charge in [-0.25, -0.2) is 4.98 Å². The Morgan fingerprint density at radius 3 is 2.83 bits per heavy atom.